The zero-order chi connectivity index (χ0) is 17.6. The third-order valence-electron chi connectivity index (χ3n) is 3.59. The van der Waals surface area contributed by atoms with Crippen LogP contribution in [0.25, 0.3) is 11.0 Å². The van der Waals surface area contributed by atoms with E-state index in [1.807, 2.05) is 31.2 Å². The number of fused-ring (bicyclic) bond motifs is 1. The minimum Gasteiger partial charge on any atom is -0.325 e. The lowest BCUT2D eigenvalue weighted by molar-refractivity contribution is -0.115. The maximum atomic E-state index is 12.1. The molecule has 1 aromatic heterocycles. The molecule has 25 heavy (non-hydrogen) atoms. The topological polar surface area (TPSA) is 78.7 Å². The molecule has 1 N–H and O–H groups in total. The van der Waals surface area contributed by atoms with Crippen LogP contribution in [0.3, 0.4) is 0 Å². The predicted molar refractivity (Wildman–Crippen MR) is 99.4 cm³/mol. The summed E-state index contributed by atoms with van der Waals surface area (Å²) in [4.78, 5) is 21.3. The van der Waals surface area contributed by atoms with Gasteiger partial charge in [0.2, 0.25) is 5.91 Å². The van der Waals surface area contributed by atoms with Crippen LogP contribution in [0.5, 0.6) is 0 Å². The fourth-order valence-electron chi connectivity index (χ4n) is 2.35. The molecule has 3 aromatic rings. The second-order valence-electron chi connectivity index (χ2n) is 5.41. The Hall–Kier alpha value is -2.91. The van der Waals surface area contributed by atoms with Crippen LogP contribution in [0.2, 0.25) is 0 Å². The van der Waals surface area contributed by atoms with Gasteiger partial charge in [-0.2, -0.15) is 5.26 Å². The molecule has 1 amide bonds. The van der Waals surface area contributed by atoms with Crippen molar-refractivity contribution in [3.05, 3.63) is 59.8 Å². The summed E-state index contributed by atoms with van der Waals surface area (Å²) in [6.07, 6.45) is 0.332. The first-order valence-electron chi connectivity index (χ1n) is 7.82. The van der Waals surface area contributed by atoms with Gasteiger partial charge >= 0.3 is 0 Å². The van der Waals surface area contributed by atoms with Gasteiger partial charge < -0.3 is 5.32 Å². The SMILES string of the molecule is Cc1nc2ccccc2nc1SCCC(=O)Nc1ccccc1C#N. The standard InChI is InChI=1S/C19H16N4OS/c1-13-19(23-17-9-5-4-8-16(17)21-13)25-11-10-18(24)22-15-7-3-2-6-14(15)12-20/h2-9H,10-11H2,1H3,(H,22,24). The van der Waals surface area contributed by atoms with Crippen molar-refractivity contribution in [1.82, 2.24) is 9.97 Å². The number of amides is 1. The van der Waals surface area contributed by atoms with E-state index in [-0.39, 0.29) is 5.91 Å². The Kier molecular flexibility index (Phi) is 5.26. The quantitative estimate of drug-likeness (QED) is 0.707. The highest BCUT2D eigenvalue weighted by Gasteiger charge is 2.09. The first-order chi connectivity index (χ1) is 12.2. The van der Waals surface area contributed by atoms with Gasteiger partial charge in [0.1, 0.15) is 11.1 Å². The number of aryl methyl sites for hydroxylation is 1. The number of nitrogens with one attached hydrogen (secondary N) is 1. The molecule has 0 fully saturated rings. The Morgan fingerprint density at radius 1 is 1.12 bits per heavy atom. The first kappa shape index (κ1) is 16.9. The number of para-hydroxylation sites is 3. The summed E-state index contributed by atoms with van der Waals surface area (Å²) in [5, 5.41) is 12.7. The van der Waals surface area contributed by atoms with Gasteiger partial charge in [-0.3, -0.25) is 4.79 Å². The lowest BCUT2D eigenvalue weighted by Gasteiger charge is -2.08. The third-order valence-corrected chi connectivity index (χ3v) is 4.66. The largest absolute Gasteiger partial charge is 0.325 e. The van der Waals surface area contributed by atoms with Crippen molar-refractivity contribution in [2.75, 3.05) is 11.1 Å². The molecule has 6 heteroatoms. The molecule has 0 saturated carbocycles. The summed E-state index contributed by atoms with van der Waals surface area (Å²) in [5.41, 5.74) is 3.58. The summed E-state index contributed by atoms with van der Waals surface area (Å²) in [6, 6.07) is 16.8. The van der Waals surface area contributed by atoms with Gasteiger partial charge in [-0.1, -0.05) is 24.3 Å². The van der Waals surface area contributed by atoms with E-state index in [1.54, 1.807) is 24.3 Å². The summed E-state index contributed by atoms with van der Waals surface area (Å²) in [7, 11) is 0. The van der Waals surface area contributed by atoms with Crippen LogP contribution in [0.1, 0.15) is 17.7 Å². The second-order valence-corrected chi connectivity index (χ2v) is 6.49. The Balaban J connectivity index is 1.60. The lowest BCUT2D eigenvalue weighted by Crippen LogP contribution is -2.13. The van der Waals surface area contributed by atoms with E-state index in [1.165, 1.54) is 11.8 Å². The van der Waals surface area contributed by atoms with Gasteiger partial charge in [0.15, 0.2) is 0 Å². The van der Waals surface area contributed by atoms with Gasteiger partial charge in [-0.05, 0) is 31.2 Å². The molecule has 124 valence electrons. The molecule has 5 nitrogen and oxygen atoms in total. The zero-order valence-corrected chi connectivity index (χ0v) is 14.5. The third kappa shape index (κ3) is 4.14. The number of benzene rings is 2. The van der Waals surface area contributed by atoms with Crippen LogP contribution < -0.4 is 5.32 Å². The van der Waals surface area contributed by atoms with E-state index in [9.17, 15) is 4.79 Å². The second kappa shape index (κ2) is 7.77. The number of nitriles is 1. The van der Waals surface area contributed by atoms with Crippen LogP contribution in [-0.2, 0) is 4.79 Å². The Morgan fingerprint density at radius 2 is 1.80 bits per heavy atom. The van der Waals surface area contributed by atoms with Crippen molar-refractivity contribution in [2.45, 2.75) is 18.4 Å². The van der Waals surface area contributed by atoms with Crippen LogP contribution >= 0.6 is 11.8 Å². The van der Waals surface area contributed by atoms with Gasteiger partial charge in [0, 0.05) is 12.2 Å². The van der Waals surface area contributed by atoms with Crippen molar-refractivity contribution in [3.63, 3.8) is 0 Å². The van der Waals surface area contributed by atoms with Crippen LogP contribution in [-0.4, -0.2) is 21.6 Å². The molecule has 0 bridgehead atoms. The average molecular weight is 348 g/mol. The Labute approximate surface area is 150 Å². The molecular formula is C19H16N4OS. The molecule has 0 atom stereocenters. The van der Waals surface area contributed by atoms with Gasteiger partial charge in [-0.25, -0.2) is 9.97 Å². The Bertz CT molecular complexity index is 965. The number of carbonyl (C=O) groups is 1. The maximum absolute atomic E-state index is 12.1. The highest BCUT2D eigenvalue weighted by molar-refractivity contribution is 7.99. The molecule has 0 saturated heterocycles. The van der Waals surface area contributed by atoms with Crippen molar-refractivity contribution < 1.29 is 4.79 Å². The number of thioether (sulfide) groups is 1. The average Bonchev–Trinajstić information content (AvgIpc) is 2.62. The maximum Gasteiger partial charge on any atom is 0.225 e. The van der Waals surface area contributed by atoms with Gasteiger partial charge in [-0.15, -0.1) is 11.8 Å². The number of nitrogens with zero attached hydrogens (tertiary/aromatic N) is 3. The van der Waals surface area contributed by atoms with Gasteiger partial charge in [0.05, 0.1) is 28.0 Å². The highest BCUT2D eigenvalue weighted by Crippen LogP contribution is 2.23. The predicted octanol–water partition coefficient (Wildman–Crippen LogP) is 3.93. The fourth-order valence-corrected chi connectivity index (χ4v) is 3.25. The normalized spacial score (nSPS) is 10.4. The number of hydrogen-bond donors (Lipinski definition) is 1. The summed E-state index contributed by atoms with van der Waals surface area (Å²) in [6.45, 7) is 1.92. The number of anilines is 1. The molecule has 0 aliphatic heterocycles. The number of carbonyl (C=O) groups excluding carboxylic acids is 1. The zero-order valence-electron chi connectivity index (χ0n) is 13.7. The van der Waals surface area contributed by atoms with E-state index < -0.39 is 0 Å². The minimum atomic E-state index is -0.124. The van der Waals surface area contributed by atoms with Crippen molar-refractivity contribution in [1.29, 1.82) is 5.26 Å². The molecule has 0 aliphatic rings. The minimum absolute atomic E-state index is 0.124. The molecular weight excluding hydrogens is 332 g/mol. The van der Waals surface area contributed by atoms with Crippen LogP contribution in [0.4, 0.5) is 5.69 Å². The van der Waals surface area contributed by atoms with E-state index >= 15 is 0 Å². The smallest absolute Gasteiger partial charge is 0.225 e. The van der Waals surface area contributed by atoms with Crippen LogP contribution in [0.15, 0.2) is 53.6 Å². The molecule has 0 radical (unpaired) electrons. The van der Waals surface area contributed by atoms with E-state index in [2.05, 4.69) is 21.4 Å². The lowest BCUT2D eigenvalue weighted by atomic mass is 10.2. The van der Waals surface area contributed by atoms with Crippen molar-refractivity contribution in [3.8, 4) is 6.07 Å². The first-order valence-corrected chi connectivity index (χ1v) is 8.81. The fraction of sp³-hybridized carbons (Fsp3) is 0.158. The highest BCUT2D eigenvalue weighted by atomic mass is 32.2. The molecule has 2 aromatic carbocycles. The monoisotopic (exact) mass is 348 g/mol. The van der Waals surface area contributed by atoms with Crippen molar-refractivity contribution in [2.24, 2.45) is 0 Å². The van der Waals surface area contributed by atoms with Crippen LogP contribution in [0, 0.1) is 18.3 Å². The Morgan fingerprint density at radius 3 is 2.56 bits per heavy atom. The van der Waals surface area contributed by atoms with E-state index in [0.717, 1.165) is 21.8 Å². The molecule has 1 heterocycles. The molecule has 0 aliphatic carbocycles. The number of hydrogen-bond acceptors (Lipinski definition) is 5. The number of rotatable bonds is 5. The summed E-state index contributed by atoms with van der Waals surface area (Å²) in [5.74, 6) is 0.468. The molecule has 0 unspecified atom stereocenters. The van der Waals surface area contributed by atoms with E-state index in [4.69, 9.17) is 5.26 Å². The summed E-state index contributed by atoms with van der Waals surface area (Å²) < 4.78 is 0. The van der Waals surface area contributed by atoms with Crippen molar-refractivity contribution >= 4 is 34.4 Å². The molecule has 0 spiro atoms. The van der Waals surface area contributed by atoms with Gasteiger partial charge in [0.25, 0.3) is 0 Å². The molecule has 3 rings (SSSR count). The number of aromatic nitrogens is 2. The summed E-state index contributed by atoms with van der Waals surface area (Å²) >= 11 is 1.51. The van der Waals surface area contributed by atoms with E-state index in [0.29, 0.717) is 23.4 Å².